The van der Waals surface area contributed by atoms with E-state index < -0.39 is 11.7 Å². The molecule has 2 rings (SSSR count). The highest BCUT2D eigenvalue weighted by Gasteiger charge is 2.30. The number of aromatic nitrogens is 2. The summed E-state index contributed by atoms with van der Waals surface area (Å²) in [5.74, 6) is 0.0947. The Balaban J connectivity index is 2.63. The Morgan fingerprint density at radius 2 is 1.94 bits per heavy atom. The summed E-state index contributed by atoms with van der Waals surface area (Å²) in [4.78, 5) is 0. The van der Waals surface area contributed by atoms with Crippen molar-refractivity contribution in [1.82, 2.24) is 10.2 Å². The lowest BCUT2D eigenvalue weighted by molar-refractivity contribution is -0.137. The number of H-pyrrole nitrogens is 1. The van der Waals surface area contributed by atoms with Crippen molar-refractivity contribution in [2.75, 3.05) is 0 Å². The maximum Gasteiger partial charge on any atom is 0.416 e. The zero-order valence-electron chi connectivity index (χ0n) is 8.89. The fraction of sp³-hybridized carbons (Fsp3) is 0.364. The van der Waals surface area contributed by atoms with E-state index in [9.17, 15) is 13.2 Å². The molecule has 1 aromatic heterocycles. The second kappa shape index (κ2) is 3.50. The van der Waals surface area contributed by atoms with Gasteiger partial charge in [0.15, 0.2) is 0 Å². The highest BCUT2D eigenvalue weighted by molar-refractivity contribution is 5.82. The number of fused-ring (bicyclic) bond motifs is 1. The quantitative estimate of drug-likeness (QED) is 0.792. The molecule has 0 radical (unpaired) electrons. The number of halogens is 3. The molecule has 0 saturated heterocycles. The van der Waals surface area contributed by atoms with Crippen molar-refractivity contribution in [3.05, 3.63) is 29.5 Å². The van der Waals surface area contributed by atoms with E-state index in [0.717, 1.165) is 12.1 Å². The minimum Gasteiger partial charge on any atom is -0.278 e. The minimum atomic E-state index is -4.31. The van der Waals surface area contributed by atoms with Crippen molar-refractivity contribution in [3.63, 3.8) is 0 Å². The smallest absolute Gasteiger partial charge is 0.278 e. The molecule has 0 unspecified atom stereocenters. The van der Waals surface area contributed by atoms with Gasteiger partial charge >= 0.3 is 6.18 Å². The number of nitrogens with one attached hydrogen (secondary N) is 1. The summed E-state index contributed by atoms with van der Waals surface area (Å²) in [7, 11) is 0. The monoisotopic (exact) mass is 228 g/mol. The standard InChI is InChI=1S/C11H11F3N2/c1-6(2)10-8-5-7(11(12,13)14)3-4-9(8)15-16-10/h3-6H,1-2H3,(H,15,16). The molecule has 0 fully saturated rings. The van der Waals surface area contributed by atoms with Crippen LogP contribution in [0.1, 0.15) is 31.0 Å². The number of hydrogen-bond donors (Lipinski definition) is 1. The second-order valence-corrected chi connectivity index (χ2v) is 4.02. The molecule has 86 valence electrons. The highest BCUT2D eigenvalue weighted by atomic mass is 19.4. The van der Waals surface area contributed by atoms with Crippen molar-refractivity contribution in [2.45, 2.75) is 25.9 Å². The number of benzene rings is 1. The molecule has 2 nitrogen and oxygen atoms in total. The molecule has 0 amide bonds. The van der Waals surface area contributed by atoms with Crippen LogP contribution in [0.5, 0.6) is 0 Å². The average Bonchev–Trinajstić information content (AvgIpc) is 2.58. The van der Waals surface area contributed by atoms with E-state index in [1.807, 2.05) is 13.8 Å². The summed E-state index contributed by atoms with van der Waals surface area (Å²) in [5.41, 5.74) is 0.668. The van der Waals surface area contributed by atoms with E-state index in [1.54, 1.807) is 0 Å². The van der Waals surface area contributed by atoms with E-state index in [1.165, 1.54) is 6.07 Å². The molecule has 0 aliphatic carbocycles. The van der Waals surface area contributed by atoms with Crippen molar-refractivity contribution in [3.8, 4) is 0 Å². The number of aromatic amines is 1. The Labute approximate surface area is 90.5 Å². The zero-order chi connectivity index (χ0) is 11.9. The third kappa shape index (κ3) is 1.77. The zero-order valence-corrected chi connectivity index (χ0v) is 8.89. The van der Waals surface area contributed by atoms with Gasteiger partial charge in [-0.15, -0.1) is 0 Å². The summed E-state index contributed by atoms with van der Waals surface area (Å²) in [5, 5.41) is 7.30. The molecule has 0 spiro atoms. The first-order chi connectivity index (χ1) is 7.39. The van der Waals surface area contributed by atoms with Gasteiger partial charge in [0.1, 0.15) is 0 Å². The van der Waals surface area contributed by atoms with Crippen LogP contribution in [0.2, 0.25) is 0 Å². The molecule has 0 aliphatic heterocycles. The SMILES string of the molecule is CC(C)c1n[nH]c2ccc(C(F)(F)F)cc12. The number of rotatable bonds is 1. The molecule has 1 heterocycles. The van der Waals surface area contributed by atoms with Crippen molar-refractivity contribution < 1.29 is 13.2 Å². The summed E-state index contributed by atoms with van der Waals surface area (Å²) in [6.07, 6.45) is -4.31. The van der Waals surface area contributed by atoms with Gasteiger partial charge in [-0.2, -0.15) is 18.3 Å². The Morgan fingerprint density at radius 1 is 1.25 bits per heavy atom. The first-order valence-corrected chi connectivity index (χ1v) is 4.95. The molecule has 0 saturated carbocycles. The Bertz CT molecular complexity index is 511. The van der Waals surface area contributed by atoms with E-state index in [-0.39, 0.29) is 5.92 Å². The number of hydrogen-bond acceptors (Lipinski definition) is 1. The molecule has 0 bridgehead atoms. The first-order valence-electron chi connectivity index (χ1n) is 4.95. The lowest BCUT2D eigenvalue weighted by atomic mass is 10.0. The third-order valence-electron chi connectivity index (χ3n) is 2.47. The van der Waals surface area contributed by atoms with Gasteiger partial charge in [-0.05, 0) is 24.1 Å². The maximum absolute atomic E-state index is 12.5. The lowest BCUT2D eigenvalue weighted by Gasteiger charge is -2.07. The Hall–Kier alpha value is -1.52. The van der Waals surface area contributed by atoms with Gasteiger partial charge in [-0.1, -0.05) is 13.8 Å². The fourth-order valence-electron chi connectivity index (χ4n) is 1.65. The summed E-state index contributed by atoms with van der Waals surface area (Å²) < 4.78 is 37.6. The molecule has 0 aliphatic rings. The van der Waals surface area contributed by atoms with Crippen LogP contribution in [0.25, 0.3) is 10.9 Å². The van der Waals surface area contributed by atoms with Gasteiger partial charge in [-0.3, -0.25) is 5.10 Å². The largest absolute Gasteiger partial charge is 0.416 e. The summed E-state index contributed by atoms with van der Waals surface area (Å²) in [6.45, 7) is 3.80. The summed E-state index contributed by atoms with van der Waals surface area (Å²) >= 11 is 0. The van der Waals surface area contributed by atoms with Gasteiger partial charge in [0.2, 0.25) is 0 Å². The van der Waals surface area contributed by atoms with E-state index in [0.29, 0.717) is 16.6 Å². The van der Waals surface area contributed by atoms with E-state index in [2.05, 4.69) is 10.2 Å². The maximum atomic E-state index is 12.5. The predicted molar refractivity (Wildman–Crippen MR) is 55.2 cm³/mol. The van der Waals surface area contributed by atoms with Crippen LogP contribution in [0.15, 0.2) is 18.2 Å². The van der Waals surface area contributed by atoms with Crippen LogP contribution in [-0.4, -0.2) is 10.2 Å². The Morgan fingerprint density at radius 3 is 2.50 bits per heavy atom. The molecule has 16 heavy (non-hydrogen) atoms. The molecule has 0 atom stereocenters. The van der Waals surface area contributed by atoms with Crippen LogP contribution in [0, 0.1) is 0 Å². The van der Waals surface area contributed by atoms with Gasteiger partial charge in [0.05, 0.1) is 16.8 Å². The van der Waals surface area contributed by atoms with Crippen LogP contribution in [0.3, 0.4) is 0 Å². The average molecular weight is 228 g/mol. The number of alkyl halides is 3. The van der Waals surface area contributed by atoms with E-state index >= 15 is 0 Å². The molecule has 1 aromatic carbocycles. The Kier molecular flexibility index (Phi) is 2.40. The molecule has 1 N–H and O–H groups in total. The van der Waals surface area contributed by atoms with Crippen LogP contribution < -0.4 is 0 Å². The summed E-state index contributed by atoms with van der Waals surface area (Å²) in [6, 6.07) is 3.62. The normalized spacial score (nSPS) is 12.6. The van der Waals surface area contributed by atoms with Gasteiger partial charge < -0.3 is 0 Å². The molecular formula is C11H11F3N2. The molecule has 5 heteroatoms. The van der Waals surface area contributed by atoms with Crippen molar-refractivity contribution >= 4 is 10.9 Å². The van der Waals surface area contributed by atoms with Gasteiger partial charge in [0.25, 0.3) is 0 Å². The van der Waals surface area contributed by atoms with Crippen molar-refractivity contribution in [2.24, 2.45) is 0 Å². The molecular weight excluding hydrogens is 217 g/mol. The first kappa shape index (κ1) is 11.0. The van der Waals surface area contributed by atoms with Gasteiger partial charge in [0, 0.05) is 5.39 Å². The fourth-order valence-corrected chi connectivity index (χ4v) is 1.65. The lowest BCUT2D eigenvalue weighted by Crippen LogP contribution is -2.04. The van der Waals surface area contributed by atoms with Crippen molar-refractivity contribution in [1.29, 1.82) is 0 Å². The van der Waals surface area contributed by atoms with Gasteiger partial charge in [-0.25, -0.2) is 0 Å². The van der Waals surface area contributed by atoms with Crippen LogP contribution in [-0.2, 0) is 6.18 Å². The topological polar surface area (TPSA) is 28.7 Å². The van der Waals surface area contributed by atoms with E-state index in [4.69, 9.17) is 0 Å². The number of nitrogens with zero attached hydrogens (tertiary/aromatic N) is 1. The predicted octanol–water partition coefficient (Wildman–Crippen LogP) is 3.71. The van der Waals surface area contributed by atoms with Crippen LogP contribution in [0.4, 0.5) is 13.2 Å². The third-order valence-corrected chi connectivity index (χ3v) is 2.47. The highest BCUT2D eigenvalue weighted by Crippen LogP contribution is 2.32. The second-order valence-electron chi connectivity index (χ2n) is 4.02. The molecule has 2 aromatic rings. The van der Waals surface area contributed by atoms with Crippen LogP contribution >= 0.6 is 0 Å². The minimum absolute atomic E-state index is 0.0947.